The van der Waals surface area contributed by atoms with Crippen molar-refractivity contribution in [3.8, 4) is 0 Å². The van der Waals surface area contributed by atoms with Crippen LogP contribution in [0.2, 0.25) is 0 Å². The van der Waals surface area contributed by atoms with Crippen molar-refractivity contribution in [1.82, 2.24) is 10.2 Å². The summed E-state index contributed by atoms with van der Waals surface area (Å²) in [5.74, 6) is -1.50. The van der Waals surface area contributed by atoms with E-state index in [-0.39, 0.29) is 42.9 Å². The van der Waals surface area contributed by atoms with Crippen LogP contribution in [0.25, 0.3) is 0 Å². The summed E-state index contributed by atoms with van der Waals surface area (Å²) in [7, 11) is 0. The predicted octanol–water partition coefficient (Wildman–Crippen LogP) is 2.29. The molecule has 1 atom stereocenters. The normalized spacial score (nSPS) is 17.9. The molecule has 2 aromatic rings. The molecule has 2 N–H and O–H groups in total. The van der Waals surface area contributed by atoms with Gasteiger partial charge in [0.05, 0.1) is 0 Å². The molecule has 0 spiro atoms. The van der Waals surface area contributed by atoms with E-state index in [0.717, 1.165) is 5.56 Å². The minimum Gasteiger partial charge on any atom is -0.322 e. The molecular weight excluding hydrogens is 398 g/mol. The van der Waals surface area contributed by atoms with Gasteiger partial charge in [-0.1, -0.05) is 13.0 Å². The van der Waals surface area contributed by atoms with Crippen LogP contribution in [0.15, 0.2) is 42.5 Å². The van der Waals surface area contributed by atoms with Gasteiger partial charge in [-0.2, -0.15) is 0 Å². The Labute approximate surface area is 178 Å². The van der Waals surface area contributed by atoms with Crippen molar-refractivity contribution < 1.29 is 24.0 Å². The van der Waals surface area contributed by atoms with Crippen LogP contribution in [0, 0.1) is 0 Å². The average Bonchev–Trinajstić information content (AvgIpc) is 3.09. The zero-order valence-electron chi connectivity index (χ0n) is 16.9. The van der Waals surface area contributed by atoms with Gasteiger partial charge in [-0.3, -0.25) is 29.3 Å². The van der Waals surface area contributed by atoms with Crippen LogP contribution in [0.3, 0.4) is 0 Å². The number of Topliss-reactive ketones (excluding diaryl/α,β-unsaturated/α-hetero) is 1. The number of piperidine rings is 1. The molecule has 2 heterocycles. The lowest BCUT2D eigenvalue weighted by molar-refractivity contribution is -0.136. The van der Waals surface area contributed by atoms with Gasteiger partial charge in [-0.15, -0.1) is 0 Å². The maximum absolute atomic E-state index is 12.9. The first-order valence-electron chi connectivity index (χ1n) is 10.1. The molecule has 2 aromatic carbocycles. The number of benzene rings is 2. The van der Waals surface area contributed by atoms with Gasteiger partial charge in [0, 0.05) is 41.8 Å². The molecule has 8 nitrogen and oxygen atoms in total. The van der Waals surface area contributed by atoms with Gasteiger partial charge in [-0.05, 0) is 48.4 Å². The topological polar surface area (TPSA) is 113 Å². The van der Waals surface area contributed by atoms with E-state index in [1.807, 2.05) is 0 Å². The van der Waals surface area contributed by atoms with E-state index in [9.17, 15) is 24.0 Å². The quantitative estimate of drug-likeness (QED) is 0.570. The molecule has 0 radical (unpaired) electrons. The predicted molar refractivity (Wildman–Crippen MR) is 112 cm³/mol. The Hall–Kier alpha value is -3.81. The van der Waals surface area contributed by atoms with E-state index in [4.69, 9.17) is 0 Å². The third-order valence-corrected chi connectivity index (χ3v) is 5.58. The highest BCUT2D eigenvalue weighted by atomic mass is 16.2. The zero-order valence-corrected chi connectivity index (χ0v) is 16.9. The molecule has 1 saturated heterocycles. The van der Waals surface area contributed by atoms with Gasteiger partial charge >= 0.3 is 0 Å². The second-order valence-electron chi connectivity index (χ2n) is 7.58. The standard InChI is InChI=1S/C23H21N3O5/c1-2-19(27)13-5-7-16(8-6-13)24-21(29)14-3-4-15-12-26(23(31)17(15)11-14)18-9-10-20(28)25-22(18)30/h3-8,11,18H,2,9-10,12H2,1H3,(H,24,29)(H,25,28,30). The molecule has 2 aliphatic heterocycles. The zero-order chi connectivity index (χ0) is 22.1. The van der Waals surface area contributed by atoms with Crippen molar-refractivity contribution >= 4 is 35.1 Å². The fraction of sp³-hybridized carbons (Fsp3) is 0.261. The lowest BCUT2D eigenvalue weighted by atomic mass is 10.0. The molecule has 0 aromatic heterocycles. The van der Waals surface area contributed by atoms with E-state index in [2.05, 4.69) is 10.6 Å². The van der Waals surface area contributed by atoms with Gasteiger partial charge in [0.1, 0.15) is 6.04 Å². The van der Waals surface area contributed by atoms with Gasteiger partial charge in [0.15, 0.2) is 5.78 Å². The van der Waals surface area contributed by atoms with Gasteiger partial charge in [0.25, 0.3) is 11.8 Å². The Kier molecular flexibility index (Phi) is 5.37. The van der Waals surface area contributed by atoms with Crippen LogP contribution in [-0.4, -0.2) is 40.4 Å². The highest BCUT2D eigenvalue weighted by molar-refractivity contribution is 6.09. The average molecular weight is 419 g/mol. The van der Waals surface area contributed by atoms with E-state index in [1.165, 1.54) is 11.0 Å². The number of fused-ring (bicyclic) bond motifs is 1. The van der Waals surface area contributed by atoms with Crippen molar-refractivity contribution in [2.45, 2.75) is 38.8 Å². The molecule has 0 bridgehead atoms. The first kappa shape index (κ1) is 20.5. The van der Waals surface area contributed by atoms with Crippen LogP contribution in [-0.2, 0) is 16.1 Å². The smallest absolute Gasteiger partial charge is 0.255 e. The lowest BCUT2D eigenvalue weighted by Gasteiger charge is -2.29. The summed E-state index contributed by atoms with van der Waals surface area (Å²) < 4.78 is 0. The van der Waals surface area contributed by atoms with Crippen LogP contribution < -0.4 is 10.6 Å². The molecule has 4 amide bonds. The Morgan fingerprint density at radius 1 is 1.06 bits per heavy atom. The third-order valence-electron chi connectivity index (χ3n) is 5.58. The SMILES string of the molecule is CCC(=O)c1ccc(NC(=O)c2ccc3c(c2)C(=O)N(C2CCC(=O)NC2=O)C3)cc1. The highest BCUT2D eigenvalue weighted by Gasteiger charge is 2.39. The van der Waals surface area contributed by atoms with Crippen LogP contribution in [0.4, 0.5) is 5.69 Å². The lowest BCUT2D eigenvalue weighted by Crippen LogP contribution is -2.52. The van der Waals surface area contributed by atoms with Crippen molar-refractivity contribution in [3.63, 3.8) is 0 Å². The summed E-state index contributed by atoms with van der Waals surface area (Å²) in [6.07, 6.45) is 0.881. The van der Waals surface area contributed by atoms with Crippen molar-refractivity contribution in [1.29, 1.82) is 0 Å². The summed E-state index contributed by atoms with van der Waals surface area (Å²) in [5, 5.41) is 5.03. The summed E-state index contributed by atoms with van der Waals surface area (Å²) >= 11 is 0. The highest BCUT2D eigenvalue weighted by Crippen LogP contribution is 2.28. The third kappa shape index (κ3) is 3.96. The van der Waals surface area contributed by atoms with E-state index < -0.39 is 11.9 Å². The van der Waals surface area contributed by atoms with Crippen LogP contribution in [0.1, 0.15) is 62.8 Å². The molecule has 31 heavy (non-hydrogen) atoms. The maximum atomic E-state index is 12.9. The number of carbonyl (C=O) groups is 5. The molecule has 8 heteroatoms. The number of amides is 4. The fourth-order valence-electron chi connectivity index (χ4n) is 3.84. The molecule has 158 valence electrons. The summed E-state index contributed by atoms with van der Waals surface area (Å²) in [5.41, 5.74) is 2.53. The minimum atomic E-state index is -0.695. The Balaban J connectivity index is 1.48. The van der Waals surface area contributed by atoms with Crippen LogP contribution in [0.5, 0.6) is 0 Å². The number of nitrogens with one attached hydrogen (secondary N) is 2. The Bertz CT molecular complexity index is 1110. The second kappa shape index (κ2) is 8.14. The molecule has 1 unspecified atom stereocenters. The Morgan fingerprint density at radius 3 is 2.45 bits per heavy atom. The molecular formula is C23H21N3O5. The summed E-state index contributed by atoms with van der Waals surface area (Å²) in [6, 6.07) is 10.8. The minimum absolute atomic E-state index is 0.0237. The molecule has 0 aliphatic carbocycles. The van der Waals surface area contributed by atoms with Crippen molar-refractivity contribution in [2.75, 3.05) is 5.32 Å². The number of imide groups is 1. The second-order valence-corrected chi connectivity index (χ2v) is 7.58. The fourth-order valence-corrected chi connectivity index (χ4v) is 3.84. The monoisotopic (exact) mass is 419 g/mol. The first-order valence-corrected chi connectivity index (χ1v) is 10.1. The van der Waals surface area contributed by atoms with Crippen molar-refractivity contribution in [2.24, 2.45) is 0 Å². The molecule has 4 rings (SSSR count). The number of rotatable bonds is 5. The van der Waals surface area contributed by atoms with E-state index in [1.54, 1.807) is 43.3 Å². The van der Waals surface area contributed by atoms with Gasteiger partial charge in [-0.25, -0.2) is 0 Å². The molecule has 2 aliphatic rings. The van der Waals surface area contributed by atoms with E-state index in [0.29, 0.717) is 28.8 Å². The molecule has 0 saturated carbocycles. The molecule has 1 fully saturated rings. The van der Waals surface area contributed by atoms with Crippen molar-refractivity contribution in [3.05, 3.63) is 64.7 Å². The number of carbonyl (C=O) groups excluding carboxylic acids is 5. The first-order chi connectivity index (χ1) is 14.9. The number of nitrogens with zero attached hydrogens (tertiary/aromatic N) is 1. The maximum Gasteiger partial charge on any atom is 0.255 e. The van der Waals surface area contributed by atoms with E-state index >= 15 is 0 Å². The van der Waals surface area contributed by atoms with Gasteiger partial charge in [0.2, 0.25) is 11.8 Å². The number of ketones is 1. The Morgan fingerprint density at radius 2 is 1.77 bits per heavy atom. The number of hydrogen-bond acceptors (Lipinski definition) is 5. The summed E-state index contributed by atoms with van der Waals surface area (Å²) in [4.78, 5) is 62.2. The van der Waals surface area contributed by atoms with Gasteiger partial charge < -0.3 is 10.2 Å². The number of hydrogen-bond donors (Lipinski definition) is 2. The summed E-state index contributed by atoms with van der Waals surface area (Å²) in [6.45, 7) is 2.05. The largest absolute Gasteiger partial charge is 0.322 e. The van der Waals surface area contributed by atoms with Crippen LogP contribution >= 0.6 is 0 Å². The number of anilines is 1.